The molecule has 0 N–H and O–H groups in total. The number of ether oxygens (including phenoxy) is 2. The van der Waals surface area contributed by atoms with E-state index < -0.39 is 71.1 Å². The molecule has 38 heavy (non-hydrogen) atoms. The number of amides is 4. The molecule has 4 amide bonds. The molecule has 192 valence electrons. The fraction of sp³-hybridized carbons (Fsp3) is 0.286. The van der Waals surface area contributed by atoms with Crippen molar-refractivity contribution in [3.8, 4) is 11.5 Å². The lowest BCUT2D eigenvalue weighted by atomic mass is 9.54. The van der Waals surface area contributed by atoms with Gasteiger partial charge in [-0.3, -0.25) is 28.8 Å². The number of carbonyl (C=O) groups is 6. The van der Waals surface area contributed by atoms with Gasteiger partial charge in [-0.1, -0.05) is 24.3 Å². The third kappa shape index (κ3) is 3.40. The fourth-order valence-electron chi connectivity index (χ4n) is 6.44. The Morgan fingerprint density at radius 3 is 1.26 bits per heavy atom. The van der Waals surface area contributed by atoms with Gasteiger partial charge in [-0.25, -0.2) is 9.80 Å². The van der Waals surface area contributed by atoms with Gasteiger partial charge in [0.05, 0.1) is 35.0 Å². The van der Waals surface area contributed by atoms with Crippen LogP contribution in [0.3, 0.4) is 0 Å². The molecular formula is C28H22N2O8. The van der Waals surface area contributed by atoms with Crippen LogP contribution in [0.4, 0.5) is 11.4 Å². The molecule has 7 rings (SSSR count). The van der Waals surface area contributed by atoms with Gasteiger partial charge in [0, 0.05) is 37.8 Å². The highest BCUT2D eigenvalue weighted by Gasteiger charge is 2.68. The largest absolute Gasteiger partial charge is 0.427 e. The Morgan fingerprint density at radius 1 is 0.605 bits per heavy atom. The summed E-state index contributed by atoms with van der Waals surface area (Å²) in [6.45, 7) is 2.50. The van der Waals surface area contributed by atoms with E-state index in [0.717, 1.165) is 9.80 Å². The first-order valence-corrected chi connectivity index (χ1v) is 12.2. The van der Waals surface area contributed by atoms with Crippen molar-refractivity contribution in [3.63, 3.8) is 0 Å². The summed E-state index contributed by atoms with van der Waals surface area (Å²) >= 11 is 0. The first-order chi connectivity index (χ1) is 18.2. The minimum absolute atomic E-state index is 0.195. The summed E-state index contributed by atoms with van der Waals surface area (Å²) in [6, 6.07) is 12.3. The number of hydrogen-bond acceptors (Lipinski definition) is 8. The summed E-state index contributed by atoms with van der Waals surface area (Å²) in [7, 11) is 0. The minimum Gasteiger partial charge on any atom is -0.427 e. The second-order valence-corrected chi connectivity index (χ2v) is 9.85. The molecule has 2 saturated heterocycles. The molecule has 3 aliphatic carbocycles. The molecule has 3 fully saturated rings. The zero-order valence-corrected chi connectivity index (χ0v) is 20.4. The van der Waals surface area contributed by atoms with Gasteiger partial charge in [0.25, 0.3) is 0 Å². The highest BCUT2D eigenvalue weighted by molar-refractivity contribution is 6.26. The number of anilines is 2. The highest BCUT2D eigenvalue weighted by Crippen LogP contribution is 2.58. The second kappa shape index (κ2) is 8.47. The van der Waals surface area contributed by atoms with E-state index in [0.29, 0.717) is 0 Å². The lowest BCUT2D eigenvalue weighted by molar-refractivity contribution is -0.137. The van der Waals surface area contributed by atoms with Gasteiger partial charge in [-0.2, -0.15) is 0 Å². The number of imide groups is 2. The molecule has 5 aliphatic rings. The molecule has 0 radical (unpaired) electrons. The lowest BCUT2D eigenvalue weighted by Gasteiger charge is -2.44. The molecule has 0 spiro atoms. The number of esters is 2. The molecule has 10 heteroatoms. The standard InChI is InChI=1S/C28H22N2O8/c1-13(31)37-17-7-3-5-15(11-17)29-25(33)21-19-9-10-20(22(21)26(29)34)24-23(19)27(35)30(28(24)36)16-6-4-8-18(12-16)38-14(2)32/h3-12,19-24H,1-2H3/t19?,20?,21-,22-,23-,24-/m1/s1. The van der Waals surface area contributed by atoms with Gasteiger partial charge < -0.3 is 9.47 Å². The molecule has 0 unspecified atom stereocenters. The van der Waals surface area contributed by atoms with Crippen molar-refractivity contribution >= 4 is 46.9 Å². The van der Waals surface area contributed by atoms with E-state index in [2.05, 4.69) is 0 Å². The predicted molar refractivity (Wildman–Crippen MR) is 131 cm³/mol. The van der Waals surface area contributed by atoms with E-state index in [1.54, 1.807) is 48.6 Å². The summed E-state index contributed by atoms with van der Waals surface area (Å²) in [5.74, 6) is -6.92. The van der Waals surface area contributed by atoms with Crippen LogP contribution in [-0.4, -0.2) is 35.6 Å². The molecule has 2 heterocycles. The Bertz CT molecular complexity index is 1330. The van der Waals surface area contributed by atoms with Gasteiger partial charge in [0.1, 0.15) is 11.5 Å². The van der Waals surface area contributed by atoms with Crippen LogP contribution in [0.5, 0.6) is 11.5 Å². The molecule has 0 aromatic heterocycles. The van der Waals surface area contributed by atoms with E-state index >= 15 is 0 Å². The van der Waals surface area contributed by atoms with Gasteiger partial charge >= 0.3 is 11.9 Å². The lowest BCUT2D eigenvalue weighted by Crippen LogP contribution is -2.50. The average Bonchev–Trinajstić information content (AvgIpc) is 3.30. The molecule has 2 aliphatic heterocycles. The van der Waals surface area contributed by atoms with Gasteiger partial charge in [0.2, 0.25) is 23.6 Å². The molecular weight excluding hydrogens is 492 g/mol. The van der Waals surface area contributed by atoms with Crippen LogP contribution in [0.15, 0.2) is 60.7 Å². The smallest absolute Gasteiger partial charge is 0.308 e. The van der Waals surface area contributed by atoms with Crippen LogP contribution < -0.4 is 19.3 Å². The maximum Gasteiger partial charge on any atom is 0.308 e. The van der Waals surface area contributed by atoms with E-state index in [9.17, 15) is 28.8 Å². The summed E-state index contributed by atoms with van der Waals surface area (Å²) in [5, 5.41) is 0. The SMILES string of the molecule is CC(=O)Oc1cccc(N2C(=O)[C@@H]3C4C=CC([C@H]3C2=O)[C@H]2C(=O)N(c3cccc(OC(C)=O)c3)C(=O)[C@H]42)c1. The van der Waals surface area contributed by atoms with Crippen LogP contribution in [0.25, 0.3) is 0 Å². The zero-order chi connectivity index (χ0) is 26.9. The highest BCUT2D eigenvalue weighted by atomic mass is 16.5. The zero-order valence-electron chi connectivity index (χ0n) is 20.4. The Kier molecular flexibility index (Phi) is 5.30. The summed E-state index contributed by atoms with van der Waals surface area (Å²) in [4.78, 5) is 79.5. The van der Waals surface area contributed by atoms with E-state index in [-0.39, 0.29) is 22.9 Å². The van der Waals surface area contributed by atoms with E-state index in [1.807, 2.05) is 0 Å². The third-order valence-electron chi connectivity index (χ3n) is 7.68. The maximum atomic E-state index is 13.7. The number of allylic oxidation sites excluding steroid dienone is 2. The fourth-order valence-corrected chi connectivity index (χ4v) is 6.44. The van der Waals surface area contributed by atoms with Crippen molar-refractivity contribution in [2.45, 2.75) is 13.8 Å². The van der Waals surface area contributed by atoms with E-state index in [4.69, 9.17) is 9.47 Å². The number of rotatable bonds is 4. The minimum atomic E-state index is -0.791. The van der Waals surface area contributed by atoms with E-state index in [1.165, 1.54) is 26.0 Å². The quantitative estimate of drug-likeness (QED) is 0.263. The number of hydrogen-bond donors (Lipinski definition) is 0. The molecule has 2 aromatic rings. The Morgan fingerprint density at radius 2 is 0.947 bits per heavy atom. The Labute approximate surface area is 216 Å². The van der Waals surface area contributed by atoms with Gasteiger partial charge in [-0.05, 0) is 24.3 Å². The maximum absolute atomic E-state index is 13.7. The van der Waals surface area contributed by atoms with Crippen molar-refractivity contribution in [1.82, 2.24) is 0 Å². The monoisotopic (exact) mass is 514 g/mol. The first-order valence-electron chi connectivity index (χ1n) is 12.2. The van der Waals surface area contributed by atoms with Crippen LogP contribution >= 0.6 is 0 Å². The second-order valence-electron chi connectivity index (χ2n) is 9.85. The van der Waals surface area contributed by atoms with Crippen LogP contribution in [0.2, 0.25) is 0 Å². The average molecular weight is 514 g/mol. The Hall–Kier alpha value is -4.60. The molecule has 2 aromatic carbocycles. The third-order valence-corrected chi connectivity index (χ3v) is 7.68. The number of nitrogens with zero attached hydrogens (tertiary/aromatic N) is 2. The van der Waals surface area contributed by atoms with Crippen molar-refractivity contribution < 1.29 is 38.2 Å². The summed E-state index contributed by atoms with van der Waals surface area (Å²) in [5.41, 5.74) is 0.526. The molecule has 4 atom stereocenters. The summed E-state index contributed by atoms with van der Waals surface area (Å²) < 4.78 is 10.2. The van der Waals surface area contributed by atoms with Gasteiger partial charge in [0.15, 0.2) is 0 Å². The topological polar surface area (TPSA) is 127 Å². The van der Waals surface area contributed by atoms with Crippen LogP contribution in [0, 0.1) is 35.5 Å². The number of carbonyl (C=O) groups excluding carboxylic acids is 6. The molecule has 1 saturated carbocycles. The number of benzene rings is 2. The predicted octanol–water partition coefficient (Wildman–Crippen LogP) is 2.26. The summed E-state index contributed by atoms with van der Waals surface area (Å²) in [6.07, 6.45) is 3.56. The van der Waals surface area contributed by atoms with Crippen LogP contribution in [-0.2, 0) is 28.8 Å². The molecule has 2 bridgehead atoms. The Balaban J connectivity index is 1.34. The van der Waals surface area contributed by atoms with Crippen molar-refractivity contribution in [3.05, 3.63) is 60.7 Å². The van der Waals surface area contributed by atoms with Crippen LogP contribution in [0.1, 0.15) is 13.8 Å². The first kappa shape index (κ1) is 23.8. The van der Waals surface area contributed by atoms with Crippen molar-refractivity contribution in [1.29, 1.82) is 0 Å². The normalized spacial score (nSPS) is 29.0. The van der Waals surface area contributed by atoms with Crippen molar-refractivity contribution in [2.24, 2.45) is 35.5 Å². The van der Waals surface area contributed by atoms with Gasteiger partial charge in [-0.15, -0.1) is 0 Å². The van der Waals surface area contributed by atoms with Crippen molar-refractivity contribution in [2.75, 3.05) is 9.80 Å². The molecule has 10 nitrogen and oxygen atoms in total.